The number of likely N-dealkylation sites (N-methyl/N-ethyl adjacent to an activating group) is 1. The van der Waals surface area contributed by atoms with Gasteiger partial charge < -0.3 is 24.5 Å². The van der Waals surface area contributed by atoms with E-state index in [0.29, 0.717) is 19.0 Å². The van der Waals surface area contributed by atoms with Gasteiger partial charge in [0.15, 0.2) is 6.23 Å². The minimum Gasteiger partial charge on any atom is -0.481 e. The lowest BCUT2D eigenvalue weighted by Gasteiger charge is -2.43. The minimum atomic E-state index is -0.732. The maximum atomic E-state index is 12.0. The molecule has 0 saturated carbocycles. The van der Waals surface area contributed by atoms with Crippen molar-refractivity contribution < 1.29 is 19.4 Å². The first-order valence-electron chi connectivity index (χ1n) is 13.1. The molecule has 3 fully saturated rings. The Kier molecular flexibility index (Phi) is 9.37. The van der Waals surface area contributed by atoms with E-state index in [1.165, 1.54) is 5.56 Å². The molecule has 3 saturated heterocycles. The summed E-state index contributed by atoms with van der Waals surface area (Å²) in [5, 5.41) is 8.97. The fourth-order valence-corrected chi connectivity index (χ4v) is 5.52. The van der Waals surface area contributed by atoms with Crippen molar-refractivity contribution in [2.24, 2.45) is 0 Å². The predicted molar refractivity (Wildman–Crippen MR) is 134 cm³/mol. The fourth-order valence-electron chi connectivity index (χ4n) is 5.52. The molecule has 4 rings (SSSR count). The second kappa shape index (κ2) is 12.7. The summed E-state index contributed by atoms with van der Waals surface area (Å²) in [6.07, 6.45) is 2.63. The van der Waals surface area contributed by atoms with E-state index in [4.69, 9.17) is 9.84 Å². The molecule has 3 aliphatic rings. The molecule has 1 amide bonds. The highest BCUT2D eigenvalue weighted by molar-refractivity contribution is 5.69. The first-order chi connectivity index (χ1) is 17.0. The minimum absolute atomic E-state index is 0.180. The molecule has 9 nitrogen and oxygen atoms in total. The molecule has 194 valence electrons. The Balaban J connectivity index is 1.23. The number of piperazine rings is 2. The second-order valence-corrected chi connectivity index (χ2v) is 10.2. The monoisotopic (exact) mass is 487 g/mol. The van der Waals surface area contributed by atoms with E-state index < -0.39 is 5.97 Å². The van der Waals surface area contributed by atoms with Crippen molar-refractivity contribution in [3.05, 3.63) is 35.9 Å². The first-order valence-corrected chi connectivity index (χ1v) is 13.1. The zero-order chi connectivity index (χ0) is 24.6. The van der Waals surface area contributed by atoms with Gasteiger partial charge in [0.1, 0.15) is 0 Å². The van der Waals surface area contributed by atoms with Crippen LogP contribution in [0.3, 0.4) is 0 Å². The molecule has 0 aromatic heterocycles. The highest BCUT2D eigenvalue weighted by atomic mass is 16.6. The largest absolute Gasteiger partial charge is 0.481 e. The molecule has 2 atom stereocenters. The number of aliphatic carboxylic acids is 1. The van der Waals surface area contributed by atoms with Crippen LogP contribution in [0.5, 0.6) is 0 Å². The molecular weight excluding hydrogens is 446 g/mol. The number of carboxylic acid groups (broad SMARTS) is 1. The van der Waals surface area contributed by atoms with Gasteiger partial charge in [-0.05, 0) is 37.9 Å². The van der Waals surface area contributed by atoms with Crippen LogP contribution < -0.4 is 0 Å². The number of benzene rings is 1. The van der Waals surface area contributed by atoms with Crippen molar-refractivity contribution in [3.8, 4) is 0 Å². The molecule has 1 aromatic carbocycles. The third-order valence-electron chi connectivity index (χ3n) is 7.55. The molecule has 3 aliphatic heterocycles. The van der Waals surface area contributed by atoms with Gasteiger partial charge in [-0.3, -0.25) is 14.6 Å². The number of rotatable bonds is 11. The first kappa shape index (κ1) is 25.9. The summed E-state index contributed by atoms with van der Waals surface area (Å²) in [4.78, 5) is 34.4. The maximum absolute atomic E-state index is 12.0. The number of hydrogen-bond acceptors (Lipinski definition) is 7. The molecule has 0 spiro atoms. The Morgan fingerprint density at radius 3 is 2.31 bits per heavy atom. The van der Waals surface area contributed by atoms with Crippen LogP contribution in [0.2, 0.25) is 0 Å². The molecule has 3 heterocycles. The van der Waals surface area contributed by atoms with Crippen molar-refractivity contribution in [2.45, 2.75) is 44.5 Å². The van der Waals surface area contributed by atoms with Crippen LogP contribution in [0.1, 0.15) is 31.2 Å². The molecule has 1 N–H and O–H groups in total. The number of hydrogen-bond donors (Lipinski definition) is 1. The van der Waals surface area contributed by atoms with Crippen molar-refractivity contribution in [1.82, 2.24) is 24.5 Å². The summed E-state index contributed by atoms with van der Waals surface area (Å²) < 4.78 is 5.65. The third kappa shape index (κ3) is 7.64. The van der Waals surface area contributed by atoms with Crippen LogP contribution in [0, 0.1) is 0 Å². The number of carboxylic acids is 1. The Morgan fingerprint density at radius 1 is 0.943 bits per heavy atom. The normalized spacial score (nSPS) is 25.2. The SMILES string of the molecule is CN1CC(N2CCN(CCCC(=O)O)CC2CCCN2CCN(Cc3ccccc3)CC2)OC1=O. The van der Waals surface area contributed by atoms with Gasteiger partial charge in [-0.25, -0.2) is 4.79 Å². The number of carbonyl (C=O) groups excluding carboxylic acids is 1. The molecular formula is C26H41N5O4. The van der Waals surface area contributed by atoms with Gasteiger partial charge in [0.05, 0.1) is 6.54 Å². The van der Waals surface area contributed by atoms with Gasteiger partial charge in [-0.2, -0.15) is 0 Å². The van der Waals surface area contributed by atoms with E-state index in [-0.39, 0.29) is 18.7 Å². The van der Waals surface area contributed by atoms with Crippen molar-refractivity contribution in [3.63, 3.8) is 0 Å². The van der Waals surface area contributed by atoms with Crippen LogP contribution in [0.4, 0.5) is 4.79 Å². The lowest BCUT2D eigenvalue weighted by molar-refractivity contribution is -0.137. The van der Waals surface area contributed by atoms with Crippen LogP contribution in [-0.2, 0) is 16.1 Å². The molecule has 2 unspecified atom stereocenters. The van der Waals surface area contributed by atoms with E-state index >= 15 is 0 Å². The Bertz CT molecular complexity index is 817. The van der Waals surface area contributed by atoms with E-state index in [9.17, 15) is 9.59 Å². The standard InChI is InChI=1S/C26H41N5O4/c1-27-21-24(35-26(27)34)31-18-17-29(12-6-10-25(32)33)20-23(31)9-5-11-28-13-15-30(16-14-28)19-22-7-3-2-4-8-22/h2-4,7-8,23-24H,5-6,9-21H2,1H3,(H,32,33). The Labute approximate surface area is 209 Å². The quantitative estimate of drug-likeness (QED) is 0.507. The van der Waals surface area contributed by atoms with Gasteiger partial charge >= 0.3 is 12.1 Å². The van der Waals surface area contributed by atoms with Gasteiger partial charge in [-0.15, -0.1) is 0 Å². The summed E-state index contributed by atoms with van der Waals surface area (Å²) in [6, 6.07) is 11.0. The molecule has 0 radical (unpaired) electrons. The van der Waals surface area contributed by atoms with Crippen LogP contribution >= 0.6 is 0 Å². The zero-order valence-electron chi connectivity index (χ0n) is 21.1. The Morgan fingerprint density at radius 2 is 1.63 bits per heavy atom. The van der Waals surface area contributed by atoms with E-state index in [1.54, 1.807) is 11.9 Å². The highest BCUT2D eigenvalue weighted by Crippen LogP contribution is 2.23. The van der Waals surface area contributed by atoms with Gasteiger partial charge in [0.2, 0.25) is 0 Å². The Hall–Kier alpha value is -2.20. The third-order valence-corrected chi connectivity index (χ3v) is 7.55. The average Bonchev–Trinajstić information content (AvgIpc) is 3.18. The number of amides is 1. The molecule has 0 bridgehead atoms. The van der Waals surface area contributed by atoms with Gasteiger partial charge in [0.25, 0.3) is 0 Å². The fraction of sp³-hybridized carbons (Fsp3) is 0.692. The summed E-state index contributed by atoms with van der Waals surface area (Å²) in [5.41, 5.74) is 1.38. The molecule has 0 aliphatic carbocycles. The van der Waals surface area contributed by atoms with E-state index in [1.807, 2.05) is 0 Å². The topological polar surface area (TPSA) is 79.8 Å². The average molecular weight is 488 g/mol. The lowest BCUT2D eigenvalue weighted by atomic mass is 10.0. The molecule has 1 aromatic rings. The highest BCUT2D eigenvalue weighted by Gasteiger charge is 2.38. The number of ether oxygens (including phenoxy) is 1. The number of cyclic esters (lactones) is 1. The van der Waals surface area contributed by atoms with E-state index in [2.05, 4.69) is 49.9 Å². The summed E-state index contributed by atoms with van der Waals surface area (Å²) >= 11 is 0. The summed E-state index contributed by atoms with van der Waals surface area (Å²) in [7, 11) is 1.79. The van der Waals surface area contributed by atoms with Gasteiger partial charge in [0, 0.05) is 71.9 Å². The van der Waals surface area contributed by atoms with Crippen LogP contribution in [0.15, 0.2) is 30.3 Å². The second-order valence-electron chi connectivity index (χ2n) is 10.2. The van der Waals surface area contributed by atoms with Gasteiger partial charge in [-0.1, -0.05) is 30.3 Å². The molecule has 35 heavy (non-hydrogen) atoms. The number of carbonyl (C=O) groups is 2. The summed E-state index contributed by atoms with van der Waals surface area (Å²) in [5.74, 6) is -0.732. The van der Waals surface area contributed by atoms with Crippen molar-refractivity contribution in [2.75, 3.05) is 72.5 Å². The smallest absolute Gasteiger partial charge is 0.411 e. The van der Waals surface area contributed by atoms with E-state index in [0.717, 1.165) is 78.3 Å². The zero-order valence-corrected chi connectivity index (χ0v) is 21.1. The van der Waals surface area contributed by atoms with Crippen molar-refractivity contribution in [1.29, 1.82) is 0 Å². The number of nitrogens with zero attached hydrogens (tertiary/aromatic N) is 5. The molecule has 9 heteroatoms. The van der Waals surface area contributed by atoms with Crippen LogP contribution in [-0.4, -0.2) is 126 Å². The lowest BCUT2D eigenvalue weighted by Crippen LogP contribution is -2.57. The summed E-state index contributed by atoms with van der Waals surface area (Å²) in [6.45, 7) is 10.6. The van der Waals surface area contributed by atoms with Crippen molar-refractivity contribution >= 4 is 12.1 Å². The van der Waals surface area contributed by atoms with Crippen LogP contribution in [0.25, 0.3) is 0 Å². The maximum Gasteiger partial charge on any atom is 0.411 e. The predicted octanol–water partition coefficient (Wildman–Crippen LogP) is 1.84.